The maximum Gasteiger partial charge on any atom is 0.164 e. The Hall–Kier alpha value is -0.850. The molecule has 0 aliphatic rings. The number of pyridine rings is 1. The predicted molar refractivity (Wildman–Crippen MR) is 86.1 cm³/mol. The van der Waals surface area contributed by atoms with Crippen LogP contribution in [0.15, 0.2) is 36.5 Å². The lowest BCUT2D eigenvalue weighted by molar-refractivity contribution is 0.969. The molecule has 0 saturated heterocycles. The van der Waals surface area contributed by atoms with Gasteiger partial charge in [0.2, 0.25) is 0 Å². The van der Waals surface area contributed by atoms with Gasteiger partial charge in [-0.25, -0.2) is 9.97 Å². The number of imidazole rings is 1. The van der Waals surface area contributed by atoms with Crippen LogP contribution in [0.2, 0.25) is 5.02 Å². The molecule has 0 amide bonds. The Bertz CT molecular complexity index is 737. The molecule has 0 N–H and O–H groups in total. The molecule has 1 aromatic carbocycles. The van der Waals surface area contributed by atoms with E-state index >= 15 is 0 Å². The average Bonchev–Trinajstić information content (AvgIpc) is 2.77. The fourth-order valence-corrected chi connectivity index (χ4v) is 2.63. The van der Waals surface area contributed by atoms with E-state index < -0.39 is 0 Å². The van der Waals surface area contributed by atoms with Gasteiger partial charge in [-0.1, -0.05) is 11.6 Å². The van der Waals surface area contributed by atoms with Crippen molar-refractivity contribution in [1.82, 2.24) is 14.5 Å². The first-order chi connectivity index (χ1) is 9.19. The predicted octanol–water partition coefficient (Wildman–Crippen LogP) is 4.42. The van der Waals surface area contributed by atoms with E-state index in [-0.39, 0.29) is 0 Å². The van der Waals surface area contributed by atoms with Crippen molar-refractivity contribution in [1.29, 1.82) is 0 Å². The van der Waals surface area contributed by atoms with Gasteiger partial charge in [0.1, 0.15) is 11.3 Å². The quantitative estimate of drug-likeness (QED) is 0.468. The smallest absolute Gasteiger partial charge is 0.164 e. The second-order valence-electron chi connectivity index (χ2n) is 3.97. The number of benzene rings is 1. The highest BCUT2D eigenvalue weighted by Crippen LogP contribution is 2.23. The number of alkyl halides is 1. The van der Waals surface area contributed by atoms with Gasteiger partial charge in [-0.05, 0) is 52.9 Å². The second-order valence-corrected chi connectivity index (χ2v) is 5.92. The monoisotopic (exact) mass is 403 g/mol. The molecule has 96 valence electrons. The van der Waals surface area contributed by atoms with E-state index in [9.17, 15) is 0 Å². The van der Waals surface area contributed by atoms with Crippen LogP contribution in [0.4, 0.5) is 0 Å². The molecule has 0 atom stereocenters. The van der Waals surface area contributed by atoms with Gasteiger partial charge >= 0.3 is 0 Å². The summed E-state index contributed by atoms with van der Waals surface area (Å²) in [5.74, 6) is 1.08. The Kier molecular flexibility index (Phi) is 3.64. The van der Waals surface area contributed by atoms with Gasteiger partial charge in [0, 0.05) is 15.5 Å². The first-order valence-electron chi connectivity index (χ1n) is 5.54. The number of halogens is 3. The molecule has 6 heteroatoms. The molecular formula is C13H8Cl2IN3. The highest BCUT2D eigenvalue weighted by atomic mass is 127. The van der Waals surface area contributed by atoms with E-state index in [2.05, 4.69) is 32.6 Å². The summed E-state index contributed by atoms with van der Waals surface area (Å²) >= 11 is 14.2. The van der Waals surface area contributed by atoms with Gasteiger partial charge in [-0.2, -0.15) is 0 Å². The third-order valence-electron chi connectivity index (χ3n) is 2.74. The molecule has 2 heterocycles. The Balaban J connectivity index is 2.29. The Labute approximate surface area is 133 Å². The zero-order valence-electron chi connectivity index (χ0n) is 9.65. The molecule has 0 bridgehead atoms. The minimum absolute atomic E-state index is 0.319. The molecule has 3 rings (SSSR count). The number of nitrogens with zero attached hydrogens (tertiary/aromatic N) is 3. The Morgan fingerprint density at radius 3 is 2.63 bits per heavy atom. The Morgan fingerprint density at radius 2 is 1.95 bits per heavy atom. The lowest BCUT2D eigenvalue weighted by Crippen LogP contribution is -2.00. The van der Waals surface area contributed by atoms with E-state index in [4.69, 9.17) is 23.2 Å². The highest BCUT2D eigenvalue weighted by Gasteiger charge is 2.13. The summed E-state index contributed by atoms with van der Waals surface area (Å²) in [5.41, 5.74) is 2.51. The summed E-state index contributed by atoms with van der Waals surface area (Å²) < 4.78 is 3.13. The third-order valence-corrected chi connectivity index (χ3v) is 3.90. The van der Waals surface area contributed by atoms with E-state index in [0.717, 1.165) is 22.7 Å². The molecular weight excluding hydrogens is 396 g/mol. The highest BCUT2D eigenvalue weighted by molar-refractivity contribution is 14.1. The molecule has 2 aromatic heterocycles. The van der Waals surface area contributed by atoms with Crippen molar-refractivity contribution in [2.45, 2.75) is 5.88 Å². The molecule has 19 heavy (non-hydrogen) atoms. The topological polar surface area (TPSA) is 30.7 Å². The molecule has 0 fully saturated rings. The van der Waals surface area contributed by atoms with E-state index in [1.54, 1.807) is 12.3 Å². The molecule has 0 aliphatic carbocycles. The number of hydrogen-bond donors (Lipinski definition) is 0. The van der Waals surface area contributed by atoms with E-state index in [1.807, 2.05) is 28.8 Å². The summed E-state index contributed by atoms with van der Waals surface area (Å²) in [6.07, 6.45) is 1.62. The van der Waals surface area contributed by atoms with Crippen LogP contribution >= 0.6 is 45.8 Å². The van der Waals surface area contributed by atoms with Crippen molar-refractivity contribution in [3.8, 4) is 5.69 Å². The molecule has 0 unspecified atom stereocenters. The first kappa shape index (κ1) is 13.1. The van der Waals surface area contributed by atoms with Crippen molar-refractivity contribution in [2.75, 3.05) is 0 Å². The summed E-state index contributed by atoms with van der Waals surface area (Å²) in [4.78, 5) is 8.83. The van der Waals surface area contributed by atoms with Crippen LogP contribution in [0.25, 0.3) is 16.9 Å². The van der Waals surface area contributed by atoms with Crippen molar-refractivity contribution in [2.24, 2.45) is 0 Å². The first-order valence-corrected chi connectivity index (χ1v) is 7.53. The fourth-order valence-electron chi connectivity index (χ4n) is 1.94. The molecule has 0 spiro atoms. The van der Waals surface area contributed by atoms with Crippen LogP contribution in [0.5, 0.6) is 0 Å². The number of rotatable bonds is 2. The minimum Gasteiger partial charge on any atom is -0.280 e. The van der Waals surface area contributed by atoms with Gasteiger partial charge < -0.3 is 0 Å². The second kappa shape index (κ2) is 5.26. The molecule has 3 aromatic rings. The van der Waals surface area contributed by atoms with Crippen molar-refractivity contribution < 1.29 is 0 Å². The minimum atomic E-state index is 0.319. The van der Waals surface area contributed by atoms with E-state index in [0.29, 0.717) is 10.9 Å². The van der Waals surface area contributed by atoms with Gasteiger partial charge in [0.15, 0.2) is 5.65 Å². The van der Waals surface area contributed by atoms with Gasteiger partial charge in [-0.15, -0.1) is 11.6 Å². The lowest BCUT2D eigenvalue weighted by Gasteiger charge is -2.07. The van der Waals surface area contributed by atoms with Crippen LogP contribution in [-0.4, -0.2) is 14.5 Å². The fraction of sp³-hybridized carbons (Fsp3) is 0.0769. The largest absolute Gasteiger partial charge is 0.280 e. The van der Waals surface area contributed by atoms with Crippen LogP contribution < -0.4 is 0 Å². The van der Waals surface area contributed by atoms with Gasteiger partial charge in [0.05, 0.1) is 10.9 Å². The van der Waals surface area contributed by atoms with Crippen LogP contribution in [-0.2, 0) is 5.88 Å². The molecule has 0 aliphatic heterocycles. The van der Waals surface area contributed by atoms with Gasteiger partial charge in [0.25, 0.3) is 0 Å². The van der Waals surface area contributed by atoms with Crippen LogP contribution in [0.3, 0.4) is 0 Å². The number of fused-ring (bicyclic) bond motifs is 1. The van der Waals surface area contributed by atoms with Crippen LogP contribution in [0, 0.1) is 3.57 Å². The zero-order valence-corrected chi connectivity index (χ0v) is 13.3. The maximum absolute atomic E-state index is 5.98. The zero-order chi connectivity index (χ0) is 13.4. The van der Waals surface area contributed by atoms with Gasteiger partial charge in [-0.3, -0.25) is 4.57 Å². The Morgan fingerprint density at radius 1 is 1.21 bits per heavy atom. The summed E-state index contributed by atoms with van der Waals surface area (Å²) in [5, 5.41) is 0.570. The third kappa shape index (κ3) is 2.44. The van der Waals surface area contributed by atoms with Crippen molar-refractivity contribution in [3.05, 3.63) is 50.9 Å². The summed E-state index contributed by atoms with van der Waals surface area (Å²) in [6.45, 7) is 0. The molecule has 0 radical (unpaired) electrons. The summed E-state index contributed by atoms with van der Waals surface area (Å²) in [6, 6.07) is 9.92. The number of aromatic nitrogens is 3. The standard InChI is InChI=1S/C13H8Cl2IN3/c14-6-12-18-11-5-8(15)7-17-13(11)19(12)10-3-1-9(16)2-4-10/h1-5,7H,6H2. The average molecular weight is 404 g/mol. The maximum atomic E-state index is 5.98. The lowest BCUT2D eigenvalue weighted by atomic mass is 10.3. The number of hydrogen-bond acceptors (Lipinski definition) is 2. The van der Waals surface area contributed by atoms with Crippen molar-refractivity contribution in [3.63, 3.8) is 0 Å². The molecule has 3 nitrogen and oxygen atoms in total. The summed E-state index contributed by atoms with van der Waals surface area (Å²) in [7, 11) is 0. The normalized spacial score (nSPS) is 11.1. The molecule has 0 saturated carbocycles. The van der Waals surface area contributed by atoms with Crippen molar-refractivity contribution >= 4 is 57.0 Å². The van der Waals surface area contributed by atoms with Crippen LogP contribution in [0.1, 0.15) is 5.82 Å². The SMILES string of the molecule is ClCc1nc2cc(Cl)cnc2n1-c1ccc(I)cc1. The van der Waals surface area contributed by atoms with E-state index in [1.165, 1.54) is 3.57 Å².